The second kappa shape index (κ2) is 5.92. The molecule has 0 aliphatic rings. The first kappa shape index (κ1) is 12.2. The minimum Gasteiger partial charge on any atom is -0.204 e. The summed E-state index contributed by atoms with van der Waals surface area (Å²) >= 11 is 0. The van der Waals surface area contributed by atoms with Gasteiger partial charge in [0.25, 0.3) is 0 Å². The number of benzene rings is 2. The van der Waals surface area contributed by atoms with Crippen molar-refractivity contribution in [3.8, 4) is 0 Å². The molecule has 0 unspecified atom stereocenters. The van der Waals surface area contributed by atoms with Crippen LogP contribution in [0.25, 0.3) is 12.2 Å². The lowest BCUT2D eigenvalue weighted by atomic mass is 10.2. The number of hydrogen-bond acceptors (Lipinski definition) is 0. The highest BCUT2D eigenvalue weighted by atomic mass is 19.2. The molecule has 0 saturated carbocycles. The van der Waals surface area contributed by atoms with Gasteiger partial charge < -0.3 is 0 Å². The molecule has 90 valence electrons. The van der Waals surface area contributed by atoms with Crippen LogP contribution in [-0.2, 0) is 0 Å². The normalized spacial score (nSPS) is 11.4. The summed E-state index contributed by atoms with van der Waals surface area (Å²) < 4.78 is 25.6. The van der Waals surface area contributed by atoms with Gasteiger partial charge in [-0.05, 0) is 23.3 Å². The van der Waals surface area contributed by atoms with Crippen molar-refractivity contribution in [2.45, 2.75) is 0 Å². The number of allylic oxidation sites excluding steroid dienone is 2. The van der Waals surface area contributed by atoms with Gasteiger partial charge in [0.05, 0.1) is 0 Å². The van der Waals surface area contributed by atoms with Gasteiger partial charge in [-0.15, -0.1) is 0 Å². The lowest BCUT2D eigenvalue weighted by molar-refractivity contribution is 0.508. The molecule has 2 aromatic rings. The van der Waals surface area contributed by atoms with E-state index in [0.717, 1.165) is 11.6 Å². The van der Waals surface area contributed by atoms with E-state index in [9.17, 15) is 8.78 Å². The van der Waals surface area contributed by atoms with Crippen molar-refractivity contribution < 1.29 is 8.78 Å². The standard InChI is InChI=1S/C16H12F2/c17-15-11-10-14(12-16(15)18)9-5-4-8-13-6-2-1-3-7-13/h1-12H/b8-4+,9-5+. The molecular formula is C16H12F2. The van der Waals surface area contributed by atoms with Crippen LogP contribution in [-0.4, -0.2) is 0 Å². The highest BCUT2D eigenvalue weighted by molar-refractivity contribution is 5.56. The van der Waals surface area contributed by atoms with Crippen LogP contribution < -0.4 is 0 Å². The maximum absolute atomic E-state index is 12.9. The van der Waals surface area contributed by atoms with Crippen molar-refractivity contribution in [1.82, 2.24) is 0 Å². The summed E-state index contributed by atoms with van der Waals surface area (Å²) in [6, 6.07) is 13.7. The molecule has 0 amide bonds. The molecular weight excluding hydrogens is 230 g/mol. The smallest absolute Gasteiger partial charge is 0.159 e. The minimum atomic E-state index is -0.829. The van der Waals surface area contributed by atoms with Crippen LogP contribution in [0.1, 0.15) is 11.1 Å². The van der Waals surface area contributed by atoms with E-state index in [0.29, 0.717) is 5.56 Å². The Morgan fingerprint density at radius 3 is 2.00 bits per heavy atom. The molecule has 2 aromatic carbocycles. The Labute approximate surface area is 105 Å². The zero-order valence-corrected chi connectivity index (χ0v) is 9.68. The average molecular weight is 242 g/mol. The molecule has 0 radical (unpaired) electrons. The summed E-state index contributed by atoms with van der Waals surface area (Å²) in [6.07, 6.45) is 7.31. The lowest BCUT2D eigenvalue weighted by Crippen LogP contribution is -1.83. The molecule has 0 aromatic heterocycles. The Bertz CT molecular complexity index is 569. The Kier molecular flexibility index (Phi) is 4.02. The SMILES string of the molecule is Fc1ccc(/C=C/C=C/c2ccccc2)cc1F. The van der Waals surface area contributed by atoms with E-state index in [-0.39, 0.29) is 0 Å². The van der Waals surface area contributed by atoms with Crippen LogP contribution in [0.5, 0.6) is 0 Å². The van der Waals surface area contributed by atoms with Gasteiger partial charge in [0, 0.05) is 0 Å². The molecule has 0 spiro atoms. The van der Waals surface area contributed by atoms with E-state index in [1.54, 1.807) is 12.2 Å². The average Bonchev–Trinajstić information content (AvgIpc) is 2.40. The molecule has 0 fully saturated rings. The zero-order valence-electron chi connectivity index (χ0n) is 9.68. The molecule has 0 nitrogen and oxygen atoms in total. The van der Waals surface area contributed by atoms with Crippen LogP contribution in [0.3, 0.4) is 0 Å². The predicted octanol–water partition coefficient (Wildman–Crippen LogP) is 4.69. The van der Waals surface area contributed by atoms with Crippen molar-refractivity contribution in [3.63, 3.8) is 0 Å². The van der Waals surface area contributed by atoms with E-state index in [1.807, 2.05) is 42.5 Å². The van der Waals surface area contributed by atoms with Crippen molar-refractivity contribution in [2.75, 3.05) is 0 Å². The van der Waals surface area contributed by atoms with Gasteiger partial charge in [0.1, 0.15) is 0 Å². The zero-order chi connectivity index (χ0) is 12.8. The third-order valence-electron chi connectivity index (χ3n) is 2.43. The van der Waals surface area contributed by atoms with Crippen molar-refractivity contribution in [3.05, 3.63) is 83.4 Å². The van der Waals surface area contributed by atoms with E-state index >= 15 is 0 Å². The highest BCUT2D eigenvalue weighted by Gasteiger charge is 1.99. The van der Waals surface area contributed by atoms with Gasteiger partial charge in [-0.1, -0.05) is 60.7 Å². The van der Waals surface area contributed by atoms with Gasteiger partial charge in [-0.3, -0.25) is 0 Å². The molecule has 0 saturated heterocycles. The summed E-state index contributed by atoms with van der Waals surface area (Å²) in [4.78, 5) is 0. The Balaban J connectivity index is 2.03. The third-order valence-corrected chi connectivity index (χ3v) is 2.43. The van der Waals surface area contributed by atoms with Crippen LogP contribution in [0.2, 0.25) is 0 Å². The fourth-order valence-electron chi connectivity index (χ4n) is 1.51. The third kappa shape index (κ3) is 3.39. The van der Waals surface area contributed by atoms with Crippen LogP contribution in [0.4, 0.5) is 8.78 Å². The largest absolute Gasteiger partial charge is 0.204 e. The summed E-state index contributed by atoms with van der Waals surface area (Å²) in [7, 11) is 0. The molecule has 2 heteroatoms. The highest BCUT2D eigenvalue weighted by Crippen LogP contribution is 2.10. The molecule has 0 aliphatic heterocycles. The van der Waals surface area contributed by atoms with E-state index in [1.165, 1.54) is 12.1 Å². The van der Waals surface area contributed by atoms with Crippen LogP contribution in [0.15, 0.2) is 60.7 Å². The maximum Gasteiger partial charge on any atom is 0.159 e. The van der Waals surface area contributed by atoms with E-state index < -0.39 is 11.6 Å². The number of halogens is 2. The number of hydrogen-bond donors (Lipinski definition) is 0. The van der Waals surface area contributed by atoms with Gasteiger partial charge >= 0.3 is 0 Å². The summed E-state index contributed by atoms with van der Waals surface area (Å²) in [5.74, 6) is -1.66. The molecule has 0 aliphatic carbocycles. The second-order valence-corrected chi connectivity index (χ2v) is 3.80. The first-order chi connectivity index (χ1) is 8.75. The number of rotatable bonds is 3. The molecule has 0 atom stereocenters. The maximum atomic E-state index is 12.9. The Hall–Kier alpha value is -2.22. The van der Waals surface area contributed by atoms with Gasteiger partial charge in [-0.25, -0.2) is 8.78 Å². The molecule has 0 heterocycles. The van der Waals surface area contributed by atoms with Gasteiger partial charge in [0.2, 0.25) is 0 Å². The Morgan fingerprint density at radius 1 is 0.667 bits per heavy atom. The van der Waals surface area contributed by atoms with Crippen molar-refractivity contribution in [2.24, 2.45) is 0 Å². The fraction of sp³-hybridized carbons (Fsp3) is 0. The topological polar surface area (TPSA) is 0 Å². The quantitative estimate of drug-likeness (QED) is 0.685. The van der Waals surface area contributed by atoms with Gasteiger partial charge in [0.15, 0.2) is 11.6 Å². The molecule has 2 rings (SSSR count). The lowest BCUT2D eigenvalue weighted by Gasteiger charge is -1.94. The minimum absolute atomic E-state index is 0.631. The summed E-state index contributed by atoms with van der Waals surface area (Å²) in [5.41, 5.74) is 1.72. The van der Waals surface area contributed by atoms with Crippen molar-refractivity contribution >= 4 is 12.2 Å². The molecule has 0 N–H and O–H groups in total. The second-order valence-electron chi connectivity index (χ2n) is 3.80. The summed E-state index contributed by atoms with van der Waals surface area (Å²) in [5, 5.41) is 0. The van der Waals surface area contributed by atoms with Crippen LogP contribution in [0, 0.1) is 11.6 Å². The Morgan fingerprint density at radius 2 is 1.33 bits per heavy atom. The monoisotopic (exact) mass is 242 g/mol. The molecule has 18 heavy (non-hydrogen) atoms. The van der Waals surface area contributed by atoms with Crippen LogP contribution >= 0.6 is 0 Å². The van der Waals surface area contributed by atoms with E-state index in [2.05, 4.69) is 0 Å². The first-order valence-corrected chi connectivity index (χ1v) is 5.60. The van der Waals surface area contributed by atoms with E-state index in [4.69, 9.17) is 0 Å². The first-order valence-electron chi connectivity index (χ1n) is 5.60. The van der Waals surface area contributed by atoms with Gasteiger partial charge in [-0.2, -0.15) is 0 Å². The fourth-order valence-corrected chi connectivity index (χ4v) is 1.51. The van der Waals surface area contributed by atoms with Crippen molar-refractivity contribution in [1.29, 1.82) is 0 Å². The molecule has 0 bridgehead atoms. The predicted molar refractivity (Wildman–Crippen MR) is 70.9 cm³/mol. The summed E-state index contributed by atoms with van der Waals surface area (Å²) in [6.45, 7) is 0.